The first-order valence-corrected chi connectivity index (χ1v) is 8.36. The summed E-state index contributed by atoms with van der Waals surface area (Å²) in [5.74, 6) is -0.628. The van der Waals surface area contributed by atoms with E-state index >= 15 is 0 Å². The number of ether oxygens (including phenoxy) is 1. The fourth-order valence-electron chi connectivity index (χ4n) is 3.14. The summed E-state index contributed by atoms with van der Waals surface area (Å²) >= 11 is 0. The van der Waals surface area contributed by atoms with Crippen molar-refractivity contribution in [1.82, 2.24) is 14.9 Å². The summed E-state index contributed by atoms with van der Waals surface area (Å²) in [7, 11) is 0. The van der Waals surface area contributed by atoms with Crippen molar-refractivity contribution >= 4 is 22.9 Å². The Labute approximate surface area is 140 Å². The second-order valence-corrected chi connectivity index (χ2v) is 5.98. The number of carbonyl (C=O) groups excluding carboxylic acids is 2. The molecule has 0 radical (unpaired) electrons. The van der Waals surface area contributed by atoms with Crippen LogP contribution < -0.4 is 0 Å². The number of amides is 1. The molecule has 0 bridgehead atoms. The van der Waals surface area contributed by atoms with E-state index in [1.165, 1.54) is 0 Å². The molecule has 0 saturated carbocycles. The van der Waals surface area contributed by atoms with Gasteiger partial charge in [-0.1, -0.05) is 6.92 Å². The highest BCUT2D eigenvalue weighted by atomic mass is 16.5. The molecule has 0 N–H and O–H groups in total. The summed E-state index contributed by atoms with van der Waals surface area (Å²) in [6.45, 7) is 2.62. The van der Waals surface area contributed by atoms with Crippen molar-refractivity contribution < 1.29 is 14.3 Å². The first kappa shape index (κ1) is 16.4. The maximum atomic E-state index is 12.3. The number of hydrogen-bond donors (Lipinski definition) is 0. The molecule has 1 aromatic carbocycles. The number of piperidine rings is 1. The van der Waals surface area contributed by atoms with Gasteiger partial charge in [0.05, 0.1) is 16.6 Å². The summed E-state index contributed by atoms with van der Waals surface area (Å²) in [5, 5.41) is 0. The Balaban J connectivity index is 1.62. The Morgan fingerprint density at radius 3 is 2.79 bits per heavy atom. The summed E-state index contributed by atoms with van der Waals surface area (Å²) < 4.78 is 5.21. The molecule has 2 heterocycles. The molecule has 1 aliphatic heterocycles. The SMILES string of the molecule is CC[C@H]1CCCCN1C(=O)COC(=O)c1ccc2nccnc2c1. The molecule has 1 atom stereocenters. The van der Waals surface area contributed by atoms with Gasteiger partial charge in [-0.2, -0.15) is 0 Å². The minimum absolute atomic E-state index is 0.115. The average Bonchev–Trinajstić information content (AvgIpc) is 2.65. The van der Waals surface area contributed by atoms with Crippen LogP contribution in [0, 0.1) is 0 Å². The lowest BCUT2D eigenvalue weighted by atomic mass is 10.00. The van der Waals surface area contributed by atoms with Gasteiger partial charge in [0.1, 0.15) is 0 Å². The Bertz CT molecular complexity index is 747. The normalized spacial score (nSPS) is 17.7. The third-order valence-corrected chi connectivity index (χ3v) is 4.45. The summed E-state index contributed by atoms with van der Waals surface area (Å²) in [5.41, 5.74) is 1.71. The number of aromatic nitrogens is 2. The molecule has 0 aliphatic carbocycles. The summed E-state index contributed by atoms with van der Waals surface area (Å²) in [6.07, 6.45) is 7.30. The zero-order valence-corrected chi connectivity index (χ0v) is 13.8. The molecule has 0 unspecified atom stereocenters. The van der Waals surface area contributed by atoms with Gasteiger partial charge in [-0.3, -0.25) is 14.8 Å². The van der Waals surface area contributed by atoms with Crippen molar-refractivity contribution in [3.63, 3.8) is 0 Å². The molecule has 126 valence electrons. The van der Waals surface area contributed by atoms with Crippen LogP contribution in [0.1, 0.15) is 43.0 Å². The number of hydrogen-bond acceptors (Lipinski definition) is 5. The zero-order chi connectivity index (χ0) is 16.9. The van der Waals surface area contributed by atoms with Gasteiger partial charge in [0, 0.05) is 25.0 Å². The molecule has 1 fully saturated rings. The van der Waals surface area contributed by atoms with E-state index in [-0.39, 0.29) is 18.6 Å². The molecule has 2 aromatic rings. The monoisotopic (exact) mass is 327 g/mol. The van der Waals surface area contributed by atoms with E-state index in [0.29, 0.717) is 16.6 Å². The Morgan fingerprint density at radius 2 is 2.00 bits per heavy atom. The van der Waals surface area contributed by atoms with Gasteiger partial charge in [-0.15, -0.1) is 0 Å². The van der Waals surface area contributed by atoms with Crippen LogP contribution in [0.3, 0.4) is 0 Å². The Morgan fingerprint density at radius 1 is 1.21 bits per heavy atom. The van der Waals surface area contributed by atoms with Crippen molar-refractivity contribution in [2.24, 2.45) is 0 Å². The molecule has 1 saturated heterocycles. The number of likely N-dealkylation sites (tertiary alicyclic amines) is 1. The summed E-state index contributed by atoms with van der Waals surface area (Å²) in [4.78, 5) is 34.7. The highest BCUT2D eigenvalue weighted by Crippen LogP contribution is 2.19. The Kier molecular flexibility index (Phi) is 5.03. The van der Waals surface area contributed by atoms with Crippen molar-refractivity contribution in [2.45, 2.75) is 38.6 Å². The molecule has 1 aromatic heterocycles. The minimum atomic E-state index is -0.513. The van der Waals surface area contributed by atoms with Gasteiger partial charge < -0.3 is 9.64 Å². The van der Waals surface area contributed by atoms with E-state index in [9.17, 15) is 9.59 Å². The molecule has 24 heavy (non-hydrogen) atoms. The molecule has 3 rings (SSSR count). The largest absolute Gasteiger partial charge is 0.452 e. The molecule has 1 amide bonds. The fraction of sp³-hybridized carbons (Fsp3) is 0.444. The van der Waals surface area contributed by atoms with Gasteiger partial charge >= 0.3 is 5.97 Å². The number of rotatable bonds is 4. The standard InChI is InChI=1S/C18H21N3O3/c1-2-14-5-3-4-10-21(14)17(22)12-24-18(23)13-6-7-15-16(11-13)20-9-8-19-15/h6-9,11,14H,2-5,10,12H2,1H3/t14-/m0/s1. The van der Waals surface area contributed by atoms with E-state index in [2.05, 4.69) is 16.9 Å². The smallest absolute Gasteiger partial charge is 0.338 e. The number of fused-ring (bicyclic) bond motifs is 1. The van der Waals surface area contributed by atoms with Crippen molar-refractivity contribution in [3.05, 3.63) is 36.2 Å². The van der Waals surface area contributed by atoms with Crippen LogP contribution in [0.15, 0.2) is 30.6 Å². The lowest BCUT2D eigenvalue weighted by Gasteiger charge is -2.35. The van der Waals surface area contributed by atoms with Crippen LogP contribution in [0.2, 0.25) is 0 Å². The molecular formula is C18H21N3O3. The number of benzene rings is 1. The zero-order valence-electron chi connectivity index (χ0n) is 13.8. The molecule has 6 heteroatoms. The molecule has 1 aliphatic rings. The van der Waals surface area contributed by atoms with Gasteiger partial charge in [0.2, 0.25) is 0 Å². The predicted molar refractivity (Wildman–Crippen MR) is 89.5 cm³/mol. The highest BCUT2D eigenvalue weighted by Gasteiger charge is 2.26. The van der Waals surface area contributed by atoms with E-state index < -0.39 is 5.97 Å². The first-order chi connectivity index (χ1) is 11.7. The van der Waals surface area contributed by atoms with Crippen molar-refractivity contribution in [2.75, 3.05) is 13.2 Å². The van der Waals surface area contributed by atoms with E-state index in [1.54, 1.807) is 30.6 Å². The second kappa shape index (κ2) is 7.38. The predicted octanol–water partition coefficient (Wildman–Crippen LogP) is 2.58. The Hall–Kier alpha value is -2.50. The average molecular weight is 327 g/mol. The van der Waals surface area contributed by atoms with Crippen molar-refractivity contribution in [1.29, 1.82) is 0 Å². The fourth-order valence-corrected chi connectivity index (χ4v) is 3.14. The molecular weight excluding hydrogens is 306 g/mol. The van der Waals surface area contributed by atoms with Gasteiger partial charge in [-0.05, 0) is 43.9 Å². The highest BCUT2D eigenvalue weighted by molar-refractivity contribution is 5.94. The van der Waals surface area contributed by atoms with Crippen LogP contribution in [-0.2, 0) is 9.53 Å². The first-order valence-electron chi connectivity index (χ1n) is 8.36. The van der Waals surface area contributed by atoms with Gasteiger partial charge in [-0.25, -0.2) is 4.79 Å². The maximum Gasteiger partial charge on any atom is 0.338 e. The van der Waals surface area contributed by atoms with Crippen molar-refractivity contribution in [3.8, 4) is 0 Å². The second-order valence-electron chi connectivity index (χ2n) is 5.98. The van der Waals surface area contributed by atoms with Crippen LogP contribution in [0.25, 0.3) is 11.0 Å². The lowest BCUT2D eigenvalue weighted by Crippen LogP contribution is -2.45. The molecule has 6 nitrogen and oxygen atoms in total. The van der Waals surface area contributed by atoms with E-state index in [0.717, 1.165) is 32.2 Å². The quantitative estimate of drug-likeness (QED) is 0.807. The van der Waals surface area contributed by atoms with E-state index in [1.807, 2.05) is 4.90 Å². The summed E-state index contributed by atoms with van der Waals surface area (Å²) in [6, 6.07) is 5.25. The number of esters is 1. The third-order valence-electron chi connectivity index (χ3n) is 4.45. The maximum absolute atomic E-state index is 12.3. The van der Waals surface area contributed by atoms with Crippen LogP contribution in [0.5, 0.6) is 0 Å². The third kappa shape index (κ3) is 3.53. The van der Waals surface area contributed by atoms with E-state index in [4.69, 9.17) is 4.74 Å². The lowest BCUT2D eigenvalue weighted by molar-refractivity contribution is -0.138. The van der Waals surface area contributed by atoms with Crippen LogP contribution in [0.4, 0.5) is 0 Å². The van der Waals surface area contributed by atoms with Crippen LogP contribution >= 0.6 is 0 Å². The van der Waals surface area contributed by atoms with Gasteiger partial charge in [0.25, 0.3) is 5.91 Å². The number of nitrogens with zero attached hydrogens (tertiary/aromatic N) is 3. The van der Waals surface area contributed by atoms with Crippen LogP contribution in [-0.4, -0.2) is 45.9 Å². The van der Waals surface area contributed by atoms with Gasteiger partial charge in [0.15, 0.2) is 6.61 Å². The number of carbonyl (C=O) groups is 2. The minimum Gasteiger partial charge on any atom is -0.452 e. The topological polar surface area (TPSA) is 72.4 Å². The molecule has 0 spiro atoms.